The van der Waals surface area contributed by atoms with Gasteiger partial charge in [-0.3, -0.25) is 0 Å². The molecule has 0 spiro atoms. The number of rotatable bonds is 0. The first-order valence-electron chi connectivity index (χ1n) is 6.87. The predicted molar refractivity (Wildman–Crippen MR) is 82.0 cm³/mol. The van der Waals surface area contributed by atoms with Gasteiger partial charge in [0.25, 0.3) is 0 Å². The average molecular weight is 243 g/mol. The highest BCUT2D eigenvalue weighted by Crippen LogP contribution is 2.46. The van der Waals surface area contributed by atoms with Crippen LogP contribution in [0.3, 0.4) is 0 Å². The molecule has 1 aliphatic rings. The highest BCUT2D eigenvalue weighted by atomic mass is 14.4. The summed E-state index contributed by atoms with van der Waals surface area (Å²) in [5, 5.41) is 0. The molecule has 0 aliphatic heterocycles. The number of aryl methyl sites for hydroxylation is 2. The van der Waals surface area contributed by atoms with Gasteiger partial charge >= 0.3 is 0 Å². The number of hydrogen-bond donors (Lipinski definition) is 0. The molecule has 0 amide bonds. The molecule has 0 N–H and O–H groups in total. The van der Waals surface area contributed by atoms with Crippen molar-refractivity contribution >= 4 is 0 Å². The van der Waals surface area contributed by atoms with Crippen LogP contribution in [0.1, 0.15) is 54.9 Å². The maximum Gasteiger partial charge on any atom is -0.0130 e. The van der Waals surface area contributed by atoms with E-state index < -0.39 is 0 Å². The Morgan fingerprint density at radius 3 is 1.78 bits per heavy atom. The van der Waals surface area contributed by atoms with Crippen molar-refractivity contribution in [2.75, 3.05) is 0 Å². The SMILES string of the molecule is C=C.[CH2]C1c2cc(C)c(C)cc2C(C)C(C)C1C. The molecule has 0 saturated heterocycles. The average Bonchev–Trinajstić information content (AvgIpc) is 2.38. The summed E-state index contributed by atoms with van der Waals surface area (Å²) in [6.45, 7) is 21.9. The Bertz CT molecular complexity index is 377. The largest absolute Gasteiger partial charge is 0.106 e. The van der Waals surface area contributed by atoms with Gasteiger partial charge in [-0.15, -0.1) is 13.2 Å². The van der Waals surface area contributed by atoms with Crippen LogP contribution in [0.4, 0.5) is 0 Å². The van der Waals surface area contributed by atoms with Gasteiger partial charge in [-0.1, -0.05) is 32.9 Å². The zero-order chi connectivity index (χ0) is 14.0. The van der Waals surface area contributed by atoms with Crippen LogP contribution in [0.5, 0.6) is 0 Å². The van der Waals surface area contributed by atoms with E-state index in [4.69, 9.17) is 0 Å². The molecule has 0 heteroatoms. The quantitative estimate of drug-likeness (QED) is 0.534. The van der Waals surface area contributed by atoms with Gasteiger partial charge in [-0.25, -0.2) is 0 Å². The molecule has 4 unspecified atom stereocenters. The smallest absolute Gasteiger partial charge is 0.0130 e. The summed E-state index contributed by atoms with van der Waals surface area (Å²) < 4.78 is 0. The summed E-state index contributed by atoms with van der Waals surface area (Å²) in [5.41, 5.74) is 5.84. The number of fused-ring (bicyclic) bond motifs is 1. The fraction of sp³-hybridized carbons (Fsp3) is 0.500. The molecule has 1 aliphatic carbocycles. The first-order valence-corrected chi connectivity index (χ1v) is 6.87. The first-order chi connectivity index (χ1) is 8.43. The van der Waals surface area contributed by atoms with Crippen molar-refractivity contribution < 1.29 is 0 Å². The Balaban J connectivity index is 0.000000771. The molecular weight excluding hydrogens is 216 g/mol. The van der Waals surface area contributed by atoms with Crippen LogP contribution < -0.4 is 0 Å². The molecule has 0 heterocycles. The predicted octanol–water partition coefficient (Wildman–Crippen LogP) is 5.41. The van der Waals surface area contributed by atoms with E-state index in [0.29, 0.717) is 17.8 Å². The standard InChI is InChI=1S/C16H23.C2H4/c1-9-7-15-13(5)11(3)12(4)14(6)16(15)8-10(9)2;1-2/h7-8,11-14H,5H2,1-4,6H3;1-2H2. The third-order valence-corrected chi connectivity index (χ3v) is 4.84. The molecule has 1 radical (unpaired) electrons. The van der Waals surface area contributed by atoms with Crippen molar-refractivity contribution in [2.24, 2.45) is 11.8 Å². The van der Waals surface area contributed by atoms with Crippen LogP contribution in [-0.4, -0.2) is 0 Å². The van der Waals surface area contributed by atoms with E-state index in [0.717, 1.165) is 5.92 Å². The van der Waals surface area contributed by atoms with E-state index in [9.17, 15) is 0 Å². The van der Waals surface area contributed by atoms with E-state index in [-0.39, 0.29) is 0 Å². The van der Waals surface area contributed by atoms with Crippen molar-refractivity contribution in [1.29, 1.82) is 0 Å². The van der Waals surface area contributed by atoms with Crippen LogP contribution in [-0.2, 0) is 0 Å². The minimum absolute atomic E-state index is 0.459. The normalized spacial score (nSPS) is 30.1. The third-order valence-electron chi connectivity index (χ3n) is 4.84. The maximum atomic E-state index is 4.38. The zero-order valence-electron chi connectivity index (χ0n) is 12.6. The van der Waals surface area contributed by atoms with Gasteiger partial charge in [0.2, 0.25) is 0 Å². The molecule has 0 bridgehead atoms. The second-order valence-electron chi connectivity index (χ2n) is 5.68. The Morgan fingerprint density at radius 1 is 0.833 bits per heavy atom. The lowest BCUT2D eigenvalue weighted by Gasteiger charge is -2.39. The highest BCUT2D eigenvalue weighted by molar-refractivity contribution is 5.43. The van der Waals surface area contributed by atoms with Gasteiger partial charge < -0.3 is 0 Å². The molecule has 0 nitrogen and oxygen atoms in total. The van der Waals surface area contributed by atoms with Gasteiger partial charge in [0.15, 0.2) is 0 Å². The van der Waals surface area contributed by atoms with Crippen LogP contribution in [0.25, 0.3) is 0 Å². The molecule has 0 aromatic heterocycles. The minimum atomic E-state index is 0.459. The topological polar surface area (TPSA) is 0 Å². The van der Waals surface area contributed by atoms with Crippen LogP contribution in [0.15, 0.2) is 25.3 Å². The molecule has 4 atom stereocenters. The van der Waals surface area contributed by atoms with Crippen LogP contribution >= 0.6 is 0 Å². The molecule has 0 saturated carbocycles. The minimum Gasteiger partial charge on any atom is -0.106 e. The van der Waals surface area contributed by atoms with Crippen LogP contribution in [0, 0.1) is 32.6 Å². The van der Waals surface area contributed by atoms with Gasteiger partial charge in [0.1, 0.15) is 0 Å². The van der Waals surface area contributed by atoms with Crippen molar-refractivity contribution in [2.45, 2.75) is 46.5 Å². The second-order valence-corrected chi connectivity index (χ2v) is 5.68. The Morgan fingerprint density at radius 2 is 1.28 bits per heavy atom. The molecule has 1 aromatic carbocycles. The lowest BCUT2D eigenvalue weighted by atomic mass is 9.66. The molecule has 99 valence electrons. The Labute approximate surface area is 113 Å². The first kappa shape index (κ1) is 15.0. The third kappa shape index (κ3) is 2.39. The highest BCUT2D eigenvalue weighted by Gasteiger charge is 2.33. The van der Waals surface area contributed by atoms with Gasteiger partial charge in [-0.05, 0) is 66.7 Å². The number of benzene rings is 1. The van der Waals surface area contributed by atoms with E-state index >= 15 is 0 Å². The lowest BCUT2D eigenvalue weighted by molar-refractivity contribution is 0.287. The Hall–Kier alpha value is -1.04. The summed E-state index contributed by atoms with van der Waals surface area (Å²) in [7, 11) is 0. The van der Waals surface area contributed by atoms with E-state index in [1.807, 2.05) is 0 Å². The second kappa shape index (κ2) is 5.73. The summed E-state index contributed by atoms with van der Waals surface area (Å²) >= 11 is 0. The summed E-state index contributed by atoms with van der Waals surface area (Å²) in [4.78, 5) is 0. The number of hydrogen-bond acceptors (Lipinski definition) is 0. The summed E-state index contributed by atoms with van der Waals surface area (Å²) in [6.07, 6.45) is 0. The van der Waals surface area contributed by atoms with Crippen molar-refractivity contribution in [3.05, 3.63) is 54.5 Å². The van der Waals surface area contributed by atoms with Crippen LogP contribution in [0.2, 0.25) is 0 Å². The summed E-state index contributed by atoms with van der Waals surface area (Å²) in [5.74, 6) is 2.55. The van der Waals surface area contributed by atoms with E-state index in [2.05, 4.69) is 66.8 Å². The van der Waals surface area contributed by atoms with Crippen molar-refractivity contribution in [3.63, 3.8) is 0 Å². The molecule has 18 heavy (non-hydrogen) atoms. The monoisotopic (exact) mass is 243 g/mol. The van der Waals surface area contributed by atoms with Gasteiger partial charge in [0.05, 0.1) is 0 Å². The molecule has 0 fully saturated rings. The Kier molecular flexibility index (Phi) is 4.78. The van der Waals surface area contributed by atoms with E-state index in [1.165, 1.54) is 22.3 Å². The van der Waals surface area contributed by atoms with E-state index in [1.54, 1.807) is 0 Å². The zero-order valence-corrected chi connectivity index (χ0v) is 12.6. The molecule has 2 rings (SSSR count). The fourth-order valence-electron chi connectivity index (χ4n) is 2.96. The molecular formula is C18H27. The van der Waals surface area contributed by atoms with Crippen molar-refractivity contribution in [1.82, 2.24) is 0 Å². The maximum absolute atomic E-state index is 4.38. The van der Waals surface area contributed by atoms with Crippen molar-refractivity contribution in [3.8, 4) is 0 Å². The lowest BCUT2D eigenvalue weighted by Crippen LogP contribution is -2.27. The molecule has 1 aromatic rings. The fourth-order valence-corrected chi connectivity index (χ4v) is 2.96. The van der Waals surface area contributed by atoms with Gasteiger partial charge in [0, 0.05) is 0 Å². The van der Waals surface area contributed by atoms with Gasteiger partial charge in [-0.2, -0.15) is 0 Å². The summed E-state index contributed by atoms with van der Waals surface area (Å²) in [6, 6.07) is 4.75.